The molecule has 3 aromatic heterocycles. The van der Waals surface area contributed by atoms with Crippen LogP contribution in [0, 0.1) is 0 Å². The number of rotatable bonds is 5. The zero-order chi connectivity index (χ0) is 36.7. The highest BCUT2D eigenvalue weighted by Crippen LogP contribution is 2.48. The second kappa shape index (κ2) is 12.0. The van der Waals surface area contributed by atoms with Gasteiger partial charge in [0.2, 0.25) is 0 Å². The smallest absolute Gasteiger partial charge is 0.430 e. The molecule has 0 saturated carbocycles. The van der Waals surface area contributed by atoms with E-state index in [0.717, 1.165) is 73.5 Å². The van der Waals surface area contributed by atoms with Crippen LogP contribution < -0.4 is 15.1 Å². The van der Waals surface area contributed by atoms with Crippen LogP contribution in [0.1, 0.15) is 0 Å². The molecule has 0 atom stereocenters. The zero-order valence-electron chi connectivity index (χ0n) is 30.3. The molecule has 0 aliphatic carbocycles. The number of para-hydroxylation sites is 2. The summed E-state index contributed by atoms with van der Waals surface area (Å²) in [5, 5.41) is 2.45. The average molecular weight is 717 g/mol. The summed E-state index contributed by atoms with van der Waals surface area (Å²) in [6.07, 6.45) is 0. The summed E-state index contributed by atoms with van der Waals surface area (Å²) >= 11 is 0. The Morgan fingerprint density at radius 2 is 0.946 bits per heavy atom. The Bertz CT molecular complexity index is 3050. The molecule has 0 fully saturated rings. The van der Waals surface area contributed by atoms with Gasteiger partial charge in [-0.05, 0) is 76.9 Å². The lowest BCUT2D eigenvalue weighted by atomic mass is 9.62. The predicted molar refractivity (Wildman–Crippen MR) is 230 cm³/mol. The highest BCUT2D eigenvalue weighted by Gasteiger charge is 2.45. The molecule has 56 heavy (non-hydrogen) atoms. The topological polar surface area (TPSA) is 27.3 Å². The van der Waals surface area contributed by atoms with Crippen LogP contribution in [0.4, 0.5) is 17.2 Å². The van der Waals surface area contributed by atoms with E-state index in [-0.39, 0.29) is 6.98 Å². The third-order valence-electron chi connectivity index (χ3n) is 11.5. The highest BCUT2D eigenvalue weighted by molar-refractivity contribution is 6.75. The van der Waals surface area contributed by atoms with Gasteiger partial charge in [0.05, 0.1) is 22.4 Å². The molecule has 5 heterocycles. The fraction of sp³-hybridized carbons (Fsp3) is 0. The minimum absolute atomic E-state index is 0.221. The largest absolute Gasteiger partial charge is 0.442 e. The maximum Gasteiger partial charge on any atom is 0.430 e. The number of benzene rings is 7. The molecule has 0 radical (unpaired) electrons. The van der Waals surface area contributed by atoms with Crippen molar-refractivity contribution in [1.29, 1.82) is 0 Å². The average Bonchev–Trinajstić information content (AvgIpc) is 3.99. The van der Waals surface area contributed by atoms with Crippen molar-refractivity contribution < 1.29 is 4.74 Å². The molecule has 0 bridgehead atoms. The number of ether oxygens (including phenoxy) is 1. The van der Waals surface area contributed by atoms with Crippen LogP contribution in [0.15, 0.2) is 200 Å². The molecule has 12 rings (SSSR count). The first kappa shape index (κ1) is 31.0. The van der Waals surface area contributed by atoms with Crippen molar-refractivity contribution in [2.24, 2.45) is 0 Å². The number of anilines is 3. The van der Waals surface area contributed by atoms with Gasteiger partial charge >= 0.3 is 6.98 Å². The summed E-state index contributed by atoms with van der Waals surface area (Å²) in [7, 11) is 0. The molecule has 0 spiro atoms. The summed E-state index contributed by atoms with van der Waals surface area (Å²) < 4.78 is 14.4. The second-order valence-electron chi connectivity index (χ2n) is 14.6. The van der Waals surface area contributed by atoms with Gasteiger partial charge in [0.15, 0.2) is 5.88 Å². The molecule has 7 aromatic carbocycles. The number of fused-ring (bicyclic) bond motifs is 7. The van der Waals surface area contributed by atoms with Crippen molar-refractivity contribution in [2.45, 2.75) is 0 Å². The fourth-order valence-electron chi connectivity index (χ4n) is 9.10. The first-order valence-electron chi connectivity index (χ1n) is 19.1. The molecule has 262 valence electrons. The molecule has 10 aromatic rings. The maximum absolute atomic E-state index is 7.10. The van der Waals surface area contributed by atoms with Gasteiger partial charge in [-0.1, -0.05) is 140 Å². The van der Waals surface area contributed by atoms with Gasteiger partial charge in [-0.15, -0.1) is 0 Å². The van der Waals surface area contributed by atoms with Crippen molar-refractivity contribution in [1.82, 2.24) is 13.5 Å². The minimum Gasteiger partial charge on any atom is -0.442 e. The van der Waals surface area contributed by atoms with Crippen LogP contribution in [-0.4, -0.2) is 20.5 Å². The number of hydrogen-bond acceptors (Lipinski definition) is 2. The molecule has 6 heteroatoms. The molecule has 0 saturated heterocycles. The van der Waals surface area contributed by atoms with Crippen molar-refractivity contribution in [3.8, 4) is 51.0 Å². The Morgan fingerprint density at radius 1 is 0.411 bits per heavy atom. The van der Waals surface area contributed by atoms with Crippen LogP contribution in [0.2, 0.25) is 0 Å². The lowest BCUT2D eigenvalue weighted by Crippen LogP contribution is -2.53. The number of hydrogen-bond donors (Lipinski definition) is 0. The van der Waals surface area contributed by atoms with E-state index in [1.807, 2.05) is 0 Å². The van der Waals surface area contributed by atoms with Crippen LogP contribution in [0.5, 0.6) is 11.6 Å². The van der Waals surface area contributed by atoms with E-state index in [9.17, 15) is 0 Å². The third-order valence-corrected chi connectivity index (χ3v) is 11.5. The van der Waals surface area contributed by atoms with Gasteiger partial charge in [-0.3, -0.25) is 4.90 Å². The Hall–Kier alpha value is -7.44. The van der Waals surface area contributed by atoms with Crippen molar-refractivity contribution in [3.63, 3.8) is 0 Å². The molecule has 5 nitrogen and oxygen atoms in total. The lowest BCUT2D eigenvalue weighted by Gasteiger charge is -2.41. The SMILES string of the molecule is c1ccc(-c2ccc(N3c4cc(-n5c6ccccc6c6ccccc65)cc5c4B(n4c(ccc4-c4ccccc4)O5)n4c(-c5ccccc5)ccc43)cc2)cc1. The summed E-state index contributed by atoms with van der Waals surface area (Å²) in [5.41, 5.74) is 13.6. The summed E-state index contributed by atoms with van der Waals surface area (Å²) in [4.78, 5) is 2.42. The molecule has 2 aliphatic rings. The van der Waals surface area contributed by atoms with Gasteiger partial charge in [0.25, 0.3) is 0 Å². The molecule has 0 unspecified atom stereocenters. The molecular formula is C50H33BN4O. The Balaban J connectivity index is 1.17. The standard InChI is InChI=1S/C50H33BN4O/c1-4-14-34(15-5-1)35-24-26-38(27-25-35)53-46-32-39(52-44-22-12-10-20-40(44)41-21-11-13-23-45(41)52)33-47-50(46)51(54-42(28-30-48(53)54)36-16-6-2-7-17-36)55-43(29-31-49(55)56-47)37-18-8-3-9-19-37/h1-33H. The highest BCUT2D eigenvalue weighted by atomic mass is 16.5. The summed E-state index contributed by atoms with van der Waals surface area (Å²) in [5.74, 6) is 2.74. The van der Waals surface area contributed by atoms with Crippen molar-refractivity contribution in [2.75, 3.05) is 4.90 Å². The van der Waals surface area contributed by atoms with Gasteiger partial charge in [0, 0.05) is 39.4 Å². The minimum atomic E-state index is -0.221. The Kier molecular flexibility index (Phi) is 6.66. The maximum atomic E-state index is 7.10. The van der Waals surface area contributed by atoms with E-state index in [0.29, 0.717) is 0 Å². The summed E-state index contributed by atoms with van der Waals surface area (Å²) in [6.45, 7) is -0.221. The molecular weight excluding hydrogens is 683 g/mol. The second-order valence-corrected chi connectivity index (χ2v) is 14.6. The van der Waals surface area contributed by atoms with Gasteiger partial charge < -0.3 is 18.3 Å². The van der Waals surface area contributed by atoms with E-state index in [1.165, 1.54) is 21.9 Å². The van der Waals surface area contributed by atoms with Crippen LogP contribution in [-0.2, 0) is 0 Å². The van der Waals surface area contributed by atoms with Crippen LogP contribution >= 0.6 is 0 Å². The quantitative estimate of drug-likeness (QED) is 0.166. The van der Waals surface area contributed by atoms with Crippen molar-refractivity contribution >= 4 is 51.4 Å². The van der Waals surface area contributed by atoms with Gasteiger partial charge in [0.1, 0.15) is 11.6 Å². The van der Waals surface area contributed by atoms with E-state index in [4.69, 9.17) is 4.74 Å². The number of nitrogens with zero attached hydrogens (tertiary/aromatic N) is 4. The first-order valence-corrected chi connectivity index (χ1v) is 19.1. The number of aromatic nitrogens is 3. The molecule has 2 aliphatic heterocycles. The zero-order valence-corrected chi connectivity index (χ0v) is 30.3. The fourth-order valence-corrected chi connectivity index (χ4v) is 9.10. The Labute approximate surface area is 324 Å². The van der Waals surface area contributed by atoms with E-state index in [2.05, 4.69) is 219 Å². The summed E-state index contributed by atoms with van der Waals surface area (Å²) in [6, 6.07) is 71.8. The van der Waals surface area contributed by atoms with Gasteiger partial charge in [-0.25, -0.2) is 0 Å². The first-order chi connectivity index (χ1) is 27.8. The van der Waals surface area contributed by atoms with Crippen LogP contribution in [0.3, 0.4) is 0 Å². The van der Waals surface area contributed by atoms with E-state index < -0.39 is 0 Å². The monoisotopic (exact) mass is 716 g/mol. The van der Waals surface area contributed by atoms with E-state index >= 15 is 0 Å². The van der Waals surface area contributed by atoms with Crippen molar-refractivity contribution in [3.05, 3.63) is 200 Å². The third kappa shape index (κ3) is 4.50. The molecule has 0 amide bonds. The van der Waals surface area contributed by atoms with Crippen LogP contribution in [0.25, 0.3) is 61.1 Å². The predicted octanol–water partition coefficient (Wildman–Crippen LogP) is 12.1. The normalized spacial score (nSPS) is 12.7. The molecule has 0 N–H and O–H groups in total. The van der Waals surface area contributed by atoms with E-state index in [1.54, 1.807) is 0 Å². The Morgan fingerprint density at radius 3 is 1.59 bits per heavy atom. The van der Waals surface area contributed by atoms with Gasteiger partial charge in [-0.2, -0.15) is 0 Å². The lowest BCUT2D eigenvalue weighted by molar-refractivity contribution is 0.454.